The second-order valence-corrected chi connectivity index (χ2v) is 15.6. The maximum absolute atomic E-state index is 2.50. The monoisotopic (exact) mass is 716 g/mol. The van der Waals surface area contributed by atoms with Gasteiger partial charge < -0.3 is 9.13 Å². The Bertz CT molecular complexity index is 3470. The smallest absolute Gasteiger partial charge is 0.0555 e. The van der Waals surface area contributed by atoms with Crippen LogP contribution in [0.2, 0.25) is 0 Å². The summed E-state index contributed by atoms with van der Waals surface area (Å²) >= 11 is 1.87. The zero-order valence-corrected chi connectivity index (χ0v) is 30.6. The molecule has 0 bridgehead atoms. The molecular weight excluding hydrogens is 685 g/mol. The fourth-order valence-corrected chi connectivity index (χ4v) is 10.1. The fraction of sp³-hybridized carbons (Fsp3) is 0. The predicted octanol–water partition coefficient (Wildman–Crippen LogP) is 14.7. The molecule has 12 aromatic rings. The lowest BCUT2D eigenvalue weighted by Gasteiger charge is -2.11. The van der Waals surface area contributed by atoms with Crippen LogP contribution >= 0.6 is 11.3 Å². The molecule has 0 spiro atoms. The van der Waals surface area contributed by atoms with E-state index in [1.165, 1.54) is 102 Å². The summed E-state index contributed by atoms with van der Waals surface area (Å²) in [5, 5.41) is 10.2. The minimum absolute atomic E-state index is 1.16. The van der Waals surface area contributed by atoms with Crippen molar-refractivity contribution in [1.29, 1.82) is 0 Å². The summed E-state index contributed by atoms with van der Waals surface area (Å²) in [6, 6.07) is 71.5. The van der Waals surface area contributed by atoms with Crippen molar-refractivity contribution in [3.8, 4) is 33.6 Å². The molecule has 3 heteroatoms. The van der Waals surface area contributed by atoms with Crippen LogP contribution in [0.3, 0.4) is 0 Å². The highest BCUT2D eigenvalue weighted by atomic mass is 32.1. The molecule has 2 nitrogen and oxygen atoms in total. The first kappa shape index (κ1) is 30.5. The van der Waals surface area contributed by atoms with E-state index in [0.717, 1.165) is 5.69 Å². The highest BCUT2D eigenvalue weighted by Gasteiger charge is 2.19. The average molecular weight is 717 g/mol. The third-order valence-corrected chi connectivity index (χ3v) is 12.6. The van der Waals surface area contributed by atoms with E-state index >= 15 is 0 Å². The van der Waals surface area contributed by atoms with Crippen LogP contribution in [-0.2, 0) is 0 Å². The standard InChI is InChI=1S/C52H32N2S/c1-3-12-33(13-4-1)38-22-25-40-42-29-36(23-26-45(42)53(48(40)32-38)39-16-5-2-6-17-39)37-24-27-46-43(30-37)44-28-34-14-7-8-15-35(34)31-49(44)54(46)47-19-11-21-51-52(47)41-18-9-10-20-50(41)55-51/h1-32H. The van der Waals surface area contributed by atoms with E-state index in [9.17, 15) is 0 Å². The first-order valence-corrected chi connectivity index (χ1v) is 19.7. The van der Waals surface area contributed by atoms with Crippen molar-refractivity contribution in [1.82, 2.24) is 9.13 Å². The Morgan fingerprint density at radius 2 is 0.891 bits per heavy atom. The van der Waals surface area contributed by atoms with Crippen molar-refractivity contribution < 1.29 is 0 Å². The summed E-state index contributed by atoms with van der Waals surface area (Å²) in [6.07, 6.45) is 0. The molecule has 0 amide bonds. The van der Waals surface area contributed by atoms with Gasteiger partial charge in [0.25, 0.3) is 0 Å². The number of para-hydroxylation sites is 1. The molecule has 3 aromatic heterocycles. The quantitative estimate of drug-likeness (QED) is 0.172. The summed E-state index contributed by atoms with van der Waals surface area (Å²) in [5.74, 6) is 0. The molecule has 0 unspecified atom stereocenters. The van der Waals surface area contributed by atoms with Gasteiger partial charge in [-0.25, -0.2) is 0 Å². The molecular formula is C52H32N2S. The first-order valence-electron chi connectivity index (χ1n) is 18.8. The van der Waals surface area contributed by atoms with E-state index in [-0.39, 0.29) is 0 Å². The van der Waals surface area contributed by atoms with Gasteiger partial charge in [-0.2, -0.15) is 0 Å². The Morgan fingerprint density at radius 1 is 0.309 bits per heavy atom. The molecule has 55 heavy (non-hydrogen) atoms. The van der Waals surface area contributed by atoms with Gasteiger partial charge in [-0.15, -0.1) is 11.3 Å². The second-order valence-electron chi connectivity index (χ2n) is 14.5. The Balaban J connectivity index is 1.10. The van der Waals surface area contributed by atoms with Crippen LogP contribution in [0.5, 0.6) is 0 Å². The third-order valence-electron chi connectivity index (χ3n) is 11.5. The van der Waals surface area contributed by atoms with E-state index in [1.807, 2.05) is 11.3 Å². The molecule has 0 fully saturated rings. The normalized spacial score (nSPS) is 12.0. The van der Waals surface area contributed by atoms with Gasteiger partial charge in [0.2, 0.25) is 0 Å². The van der Waals surface area contributed by atoms with Crippen molar-refractivity contribution >= 4 is 85.9 Å². The van der Waals surface area contributed by atoms with Crippen molar-refractivity contribution in [3.63, 3.8) is 0 Å². The van der Waals surface area contributed by atoms with Crippen LogP contribution in [0.4, 0.5) is 0 Å². The first-order chi connectivity index (χ1) is 27.3. The molecule has 12 rings (SSSR count). The SMILES string of the molecule is c1ccc(-c2ccc3c4cc(-c5ccc6c(c5)c5cc7ccccc7cc5n6-c5cccc6sc7ccccc7c56)ccc4n(-c4ccccc4)c3c2)cc1. The van der Waals surface area contributed by atoms with E-state index < -0.39 is 0 Å². The van der Waals surface area contributed by atoms with Crippen LogP contribution in [0, 0.1) is 0 Å². The molecule has 0 saturated carbocycles. The number of aromatic nitrogens is 2. The Kier molecular flexibility index (Phi) is 6.54. The average Bonchev–Trinajstić information content (AvgIpc) is 3.90. The summed E-state index contributed by atoms with van der Waals surface area (Å²) in [6.45, 7) is 0. The van der Waals surface area contributed by atoms with Crippen molar-refractivity contribution in [2.45, 2.75) is 0 Å². The topological polar surface area (TPSA) is 9.86 Å². The van der Waals surface area contributed by atoms with Crippen LogP contribution in [-0.4, -0.2) is 9.13 Å². The van der Waals surface area contributed by atoms with Gasteiger partial charge in [0, 0.05) is 47.4 Å². The molecule has 9 aromatic carbocycles. The fourth-order valence-electron chi connectivity index (χ4n) is 8.95. The van der Waals surface area contributed by atoms with Crippen molar-refractivity contribution in [2.24, 2.45) is 0 Å². The van der Waals surface area contributed by atoms with Gasteiger partial charge >= 0.3 is 0 Å². The molecule has 0 radical (unpaired) electrons. The summed E-state index contributed by atoms with van der Waals surface area (Å²) in [7, 11) is 0. The Morgan fingerprint density at radius 3 is 1.69 bits per heavy atom. The molecule has 256 valence electrons. The third kappa shape index (κ3) is 4.60. The zero-order chi connectivity index (χ0) is 36.0. The van der Waals surface area contributed by atoms with E-state index in [0.29, 0.717) is 0 Å². The minimum Gasteiger partial charge on any atom is -0.309 e. The molecule has 0 aliphatic carbocycles. The molecule has 0 N–H and O–H groups in total. The number of benzene rings is 9. The Labute approximate surface area is 321 Å². The second kappa shape index (κ2) is 11.8. The number of hydrogen-bond donors (Lipinski definition) is 0. The Hall–Kier alpha value is -6.94. The van der Waals surface area contributed by atoms with E-state index in [2.05, 4.69) is 203 Å². The highest BCUT2D eigenvalue weighted by molar-refractivity contribution is 7.25. The predicted molar refractivity (Wildman–Crippen MR) is 236 cm³/mol. The van der Waals surface area contributed by atoms with E-state index in [4.69, 9.17) is 0 Å². The highest BCUT2D eigenvalue weighted by Crippen LogP contribution is 2.43. The number of rotatable bonds is 4. The molecule has 0 aliphatic heterocycles. The van der Waals surface area contributed by atoms with Gasteiger partial charge in [0.05, 0.1) is 27.8 Å². The lowest BCUT2D eigenvalue weighted by molar-refractivity contribution is 1.18. The van der Waals surface area contributed by atoms with Crippen LogP contribution in [0.15, 0.2) is 194 Å². The summed E-state index contributed by atoms with van der Waals surface area (Å²) in [5.41, 5.74) is 12.1. The summed E-state index contributed by atoms with van der Waals surface area (Å²) < 4.78 is 7.55. The maximum Gasteiger partial charge on any atom is 0.0555 e. The number of thiophene rings is 1. The van der Waals surface area contributed by atoms with Crippen molar-refractivity contribution in [3.05, 3.63) is 194 Å². The zero-order valence-electron chi connectivity index (χ0n) is 29.8. The lowest BCUT2D eigenvalue weighted by Crippen LogP contribution is -1.94. The van der Waals surface area contributed by atoms with Crippen LogP contribution in [0.1, 0.15) is 0 Å². The minimum atomic E-state index is 1.16. The maximum atomic E-state index is 2.50. The summed E-state index contributed by atoms with van der Waals surface area (Å²) in [4.78, 5) is 0. The van der Waals surface area contributed by atoms with Gasteiger partial charge in [0.1, 0.15) is 0 Å². The number of fused-ring (bicyclic) bond motifs is 10. The molecule has 0 aliphatic rings. The van der Waals surface area contributed by atoms with Crippen LogP contribution < -0.4 is 0 Å². The number of nitrogens with zero attached hydrogens (tertiary/aromatic N) is 2. The lowest BCUT2D eigenvalue weighted by atomic mass is 9.99. The van der Waals surface area contributed by atoms with Gasteiger partial charge in [-0.1, -0.05) is 121 Å². The molecule has 3 heterocycles. The van der Waals surface area contributed by atoms with E-state index in [1.54, 1.807) is 0 Å². The van der Waals surface area contributed by atoms with Crippen LogP contribution in [0.25, 0.3) is 108 Å². The largest absolute Gasteiger partial charge is 0.309 e. The molecule has 0 saturated heterocycles. The van der Waals surface area contributed by atoms with Gasteiger partial charge in [-0.05, 0) is 106 Å². The van der Waals surface area contributed by atoms with Gasteiger partial charge in [-0.3, -0.25) is 0 Å². The number of hydrogen-bond acceptors (Lipinski definition) is 1. The molecule has 0 atom stereocenters. The van der Waals surface area contributed by atoms with Crippen molar-refractivity contribution in [2.75, 3.05) is 0 Å². The van der Waals surface area contributed by atoms with Gasteiger partial charge in [0.15, 0.2) is 0 Å².